The van der Waals surface area contributed by atoms with Gasteiger partial charge in [-0.25, -0.2) is 0 Å². The molecule has 112 valence electrons. The molecule has 0 radical (unpaired) electrons. The van der Waals surface area contributed by atoms with E-state index in [0.29, 0.717) is 17.2 Å². The summed E-state index contributed by atoms with van der Waals surface area (Å²) in [5.41, 5.74) is 6.45. The summed E-state index contributed by atoms with van der Waals surface area (Å²) in [5.74, 6) is 0.765. The number of nitrogen functional groups attached to an aromatic ring is 1. The minimum atomic E-state index is -4.28. The van der Waals surface area contributed by atoms with Crippen molar-refractivity contribution in [3.63, 3.8) is 0 Å². The standard InChI is InChI=1S/C13H17F3N2O2/c1-19-11-5-9(17)10(6-12(11)20-2)18(8-3-4-8)7-13(14,15)16/h5-6,8H,3-4,7,17H2,1-2H3. The molecule has 1 aliphatic rings. The van der Waals surface area contributed by atoms with Crippen LogP contribution in [0.4, 0.5) is 24.5 Å². The molecular formula is C13H17F3N2O2. The zero-order chi connectivity index (χ0) is 14.9. The van der Waals surface area contributed by atoms with E-state index in [4.69, 9.17) is 15.2 Å². The van der Waals surface area contributed by atoms with Crippen LogP contribution in [-0.4, -0.2) is 33.0 Å². The van der Waals surface area contributed by atoms with E-state index in [2.05, 4.69) is 0 Å². The van der Waals surface area contributed by atoms with Crippen LogP contribution in [0.3, 0.4) is 0 Å². The molecule has 0 spiro atoms. The van der Waals surface area contributed by atoms with Crippen molar-refractivity contribution >= 4 is 11.4 Å². The largest absolute Gasteiger partial charge is 0.493 e. The van der Waals surface area contributed by atoms with Crippen LogP contribution >= 0.6 is 0 Å². The van der Waals surface area contributed by atoms with Crippen molar-refractivity contribution in [2.24, 2.45) is 0 Å². The number of methoxy groups -OCH3 is 2. The van der Waals surface area contributed by atoms with E-state index >= 15 is 0 Å². The van der Waals surface area contributed by atoms with Gasteiger partial charge in [-0.1, -0.05) is 0 Å². The van der Waals surface area contributed by atoms with Gasteiger partial charge < -0.3 is 20.1 Å². The number of nitrogens with zero attached hydrogens (tertiary/aromatic N) is 1. The van der Waals surface area contributed by atoms with Gasteiger partial charge in [0.15, 0.2) is 11.5 Å². The summed E-state index contributed by atoms with van der Waals surface area (Å²) in [6, 6.07) is 2.87. The van der Waals surface area contributed by atoms with Crippen molar-refractivity contribution < 1.29 is 22.6 Å². The molecule has 0 amide bonds. The van der Waals surface area contributed by atoms with Crippen molar-refractivity contribution in [1.29, 1.82) is 0 Å². The Morgan fingerprint density at radius 3 is 2.20 bits per heavy atom. The molecule has 7 heteroatoms. The van der Waals surface area contributed by atoms with Gasteiger partial charge in [0.1, 0.15) is 6.54 Å². The molecule has 0 aliphatic heterocycles. The Balaban J connectivity index is 2.37. The van der Waals surface area contributed by atoms with Crippen molar-refractivity contribution in [1.82, 2.24) is 0 Å². The fourth-order valence-corrected chi connectivity index (χ4v) is 2.12. The van der Waals surface area contributed by atoms with Gasteiger partial charge >= 0.3 is 6.18 Å². The van der Waals surface area contributed by atoms with Crippen LogP contribution in [-0.2, 0) is 0 Å². The molecule has 1 fully saturated rings. The summed E-state index contributed by atoms with van der Waals surface area (Å²) >= 11 is 0. The van der Waals surface area contributed by atoms with E-state index in [9.17, 15) is 13.2 Å². The van der Waals surface area contributed by atoms with Crippen LogP contribution in [0.25, 0.3) is 0 Å². The monoisotopic (exact) mass is 290 g/mol. The van der Waals surface area contributed by atoms with Gasteiger partial charge in [-0.2, -0.15) is 13.2 Å². The zero-order valence-electron chi connectivity index (χ0n) is 11.3. The first-order valence-corrected chi connectivity index (χ1v) is 6.20. The van der Waals surface area contributed by atoms with Gasteiger partial charge in [-0.3, -0.25) is 0 Å². The molecule has 0 saturated heterocycles. The molecule has 1 aromatic rings. The minimum Gasteiger partial charge on any atom is -0.493 e. The maximum atomic E-state index is 12.7. The highest BCUT2D eigenvalue weighted by atomic mass is 19.4. The Morgan fingerprint density at radius 2 is 1.75 bits per heavy atom. The SMILES string of the molecule is COc1cc(N)c(N(CC(F)(F)F)C2CC2)cc1OC. The average molecular weight is 290 g/mol. The Kier molecular flexibility index (Phi) is 3.87. The van der Waals surface area contributed by atoms with Crippen LogP contribution in [0, 0.1) is 0 Å². The third kappa shape index (κ3) is 3.20. The highest BCUT2D eigenvalue weighted by Gasteiger charge is 2.39. The van der Waals surface area contributed by atoms with Gasteiger partial charge in [0, 0.05) is 18.2 Å². The predicted octanol–water partition coefficient (Wildman–Crippen LogP) is 2.82. The summed E-state index contributed by atoms with van der Waals surface area (Å²) in [7, 11) is 2.88. The second kappa shape index (κ2) is 5.30. The topological polar surface area (TPSA) is 47.7 Å². The number of alkyl halides is 3. The van der Waals surface area contributed by atoms with E-state index in [1.54, 1.807) is 0 Å². The first-order valence-electron chi connectivity index (χ1n) is 6.20. The molecule has 0 bridgehead atoms. The minimum absolute atomic E-state index is 0.114. The van der Waals surface area contributed by atoms with Crippen LogP contribution in [0.15, 0.2) is 12.1 Å². The van der Waals surface area contributed by atoms with Gasteiger partial charge in [-0.05, 0) is 12.8 Å². The van der Waals surface area contributed by atoms with Crippen molar-refractivity contribution in [3.05, 3.63) is 12.1 Å². The lowest BCUT2D eigenvalue weighted by molar-refractivity contribution is -0.119. The lowest BCUT2D eigenvalue weighted by Crippen LogP contribution is -2.36. The molecule has 0 atom stereocenters. The fourth-order valence-electron chi connectivity index (χ4n) is 2.12. The highest BCUT2D eigenvalue weighted by Crippen LogP contribution is 2.42. The number of hydrogen-bond acceptors (Lipinski definition) is 4. The Morgan fingerprint density at radius 1 is 1.20 bits per heavy atom. The average Bonchev–Trinajstić information content (AvgIpc) is 3.19. The molecule has 1 aromatic carbocycles. The third-order valence-corrected chi connectivity index (χ3v) is 3.18. The number of nitrogens with two attached hydrogens (primary N) is 1. The maximum Gasteiger partial charge on any atom is 0.405 e. The number of halogens is 3. The lowest BCUT2D eigenvalue weighted by Gasteiger charge is -2.28. The normalized spacial score (nSPS) is 15.1. The molecule has 20 heavy (non-hydrogen) atoms. The van der Waals surface area contributed by atoms with Gasteiger partial charge in [-0.15, -0.1) is 0 Å². The second-order valence-corrected chi connectivity index (χ2v) is 4.74. The van der Waals surface area contributed by atoms with E-state index in [-0.39, 0.29) is 11.7 Å². The van der Waals surface area contributed by atoms with Crippen LogP contribution in [0.2, 0.25) is 0 Å². The van der Waals surface area contributed by atoms with Gasteiger partial charge in [0.05, 0.1) is 25.6 Å². The summed E-state index contributed by atoms with van der Waals surface area (Å²) in [6.07, 6.45) is -2.80. The third-order valence-electron chi connectivity index (χ3n) is 3.18. The van der Waals surface area contributed by atoms with E-state index in [1.807, 2.05) is 0 Å². The van der Waals surface area contributed by atoms with Crippen molar-refractivity contribution in [2.75, 3.05) is 31.4 Å². The first-order chi connectivity index (χ1) is 9.35. The fraction of sp³-hybridized carbons (Fsp3) is 0.538. The molecule has 1 aliphatic carbocycles. The quantitative estimate of drug-likeness (QED) is 0.847. The molecule has 0 aromatic heterocycles. The number of rotatable bonds is 5. The summed E-state index contributed by atoms with van der Waals surface area (Å²) < 4.78 is 48.3. The first kappa shape index (κ1) is 14.6. The number of ether oxygens (including phenoxy) is 2. The summed E-state index contributed by atoms with van der Waals surface area (Å²) in [5, 5.41) is 0. The highest BCUT2D eigenvalue weighted by molar-refractivity contribution is 5.74. The second-order valence-electron chi connectivity index (χ2n) is 4.74. The Bertz CT molecular complexity index is 487. The van der Waals surface area contributed by atoms with Crippen molar-refractivity contribution in [3.8, 4) is 11.5 Å². The molecule has 1 saturated carbocycles. The predicted molar refractivity (Wildman–Crippen MR) is 70.4 cm³/mol. The Hall–Kier alpha value is -1.79. The van der Waals surface area contributed by atoms with E-state index in [0.717, 1.165) is 12.8 Å². The number of hydrogen-bond donors (Lipinski definition) is 1. The molecule has 2 N–H and O–H groups in total. The zero-order valence-corrected chi connectivity index (χ0v) is 11.3. The lowest BCUT2D eigenvalue weighted by atomic mass is 10.2. The van der Waals surface area contributed by atoms with Crippen LogP contribution in [0.5, 0.6) is 11.5 Å². The molecule has 2 rings (SSSR count). The Labute approximate surface area is 115 Å². The van der Waals surface area contributed by atoms with Gasteiger partial charge in [0.25, 0.3) is 0 Å². The smallest absolute Gasteiger partial charge is 0.405 e. The van der Waals surface area contributed by atoms with Crippen molar-refractivity contribution in [2.45, 2.75) is 25.1 Å². The summed E-state index contributed by atoms with van der Waals surface area (Å²) in [6.45, 7) is -1.02. The number of benzene rings is 1. The summed E-state index contributed by atoms with van der Waals surface area (Å²) in [4.78, 5) is 1.29. The number of anilines is 2. The molecule has 0 heterocycles. The maximum absolute atomic E-state index is 12.7. The van der Waals surface area contributed by atoms with E-state index in [1.165, 1.54) is 31.3 Å². The van der Waals surface area contributed by atoms with E-state index < -0.39 is 12.7 Å². The molecule has 4 nitrogen and oxygen atoms in total. The molecule has 0 unspecified atom stereocenters. The van der Waals surface area contributed by atoms with Crippen LogP contribution < -0.4 is 20.1 Å². The molecular weight excluding hydrogens is 273 g/mol. The van der Waals surface area contributed by atoms with Crippen LogP contribution in [0.1, 0.15) is 12.8 Å². The van der Waals surface area contributed by atoms with Gasteiger partial charge in [0.2, 0.25) is 0 Å².